The summed E-state index contributed by atoms with van der Waals surface area (Å²) in [5.74, 6) is 0.771. The Morgan fingerprint density at radius 2 is 2.06 bits per heavy atom. The predicted octanol–water partition coefficient (Wildman–Crippen LogP) is 3.32. The molecule has 1 aromatic rings. The van der Waals surface area contributed by atoms with E-state index in [1.807, 2.05) is 13.1 Å². The van der Waals surface area contributed by atoms with Gasteiger partial charge in [-0.2, -0.15) is 0 Å². The highest BCUT2D eigenvalue weighted by atomic mass is 16.5. The SMILES string of the molecule is CCCc1cc(CNC)cc(OC(C)CCC)n1. The Balaban J connectivity index is 2.81. The molecule has 0 radical (unpaired) electrons. The second kappa shape index (κ2) is 8.09. The first-order valence-corrected chi connectivity index (χ1v) is 7.00. The van der Waals surface area contributed by atoms with Crippen LogP contribution in [0, 0.1) is 0 Å². The maximum Gasteiger partial charge on any atom is 0.214 e. The first-order chi connectivity index (χ1) is 8.69. The van der Waals surface area contributed by atoms with Crippen molar-refractivity contribution in [1.82, 2.24) is 10.3 Å². The molecule has 1 atom stereocenters. The Kier molecular flexibility index (Phi) is 6.73. The summed E-state index contributed by atoms with van der Waals surface area (Å²) in [6.45, 7) is 7.31. The van der Waals surface area contributed by atoms with E-state index in [2.05, 4.69) is 37.1 Å². The molecule has 1 heterocycles. The van der Waals surface area contributed by atoms with Crippen molar-refractivity contribution >= 4 is 0 Å². The molecule has 1 rings (SSSR count). The van der Waals surface area contributed by atoms with Crippen molar-refractivity contribution < 1.29 is 4.74 Å². The van der Waals surface area contributed by atoms with Crippen molar-refractivity contribution in [3.05, 3.63) is 23.4 Å². The fourth-order valence-electron chi connectivity index (χ4n) is 2.04. The summed E-state index contributed by atoms with van der Waals surface area (Å²) in [6.07, 6.45) is 4.57. The van der Waals surface area contributed by atoms with Crippen LogP contribution in [0.25, 0.3) is 0 Å². The average Bonchev–Trinajstić information content (AvgIpc) is 2.29. The lowest BCUT2D eigenvalue weighted by molar-refractivity contribution is 0.201. The Morgan fingerprint density at radius 1 is 1.28 bits per heavy atom. The van der Waals surface area contributed by atoms with Crippen molar-refractivity contribution in [2.45, 2.75) is 59.1 Å². The number of aromatic nitrogens is 1. The van der Waals surface area contributed by atoms with Crippen LogP contribution < -0.4 is 10.1 Å². The zero-order valence-electron chi connectivity index (χ0n) is 12.1. The molecule has 1 aromatic heterocycles. The van der Waals surface area contributed by atoms with Gasteiger partial charge in [-0.05, 0) is 38.4 Å². The monoisotopic (exact) mass is 250 g/mol. The van der Waals surface area contributed by atoms with Crippen LogP contribution in [0.4, 0.5) is 0 Å². The largest absolute Gasteiger partial charge is 0.475 e. The second-order valence-electron chi connectivity index (χ2n) is 4.80. The zero-order valence-corrected chi connectivity index (χ0v) is 12.1. The van der Waals surface area contributed by atoms with Crippen molar-refractivity contribution in [2.24, 2.45) is 0 Å². The highest BCUT2D eigenvalue weighted by Crippen LogP contribution is 2.16. The number of nitrogens with zero attached hydrogens (tertiary/aromatic N) is 1. The predicted molar refractivity (Wildman–Crippen MR) is 76.0 cm³/mol. The molecule has 3 nitrogen and oxygen atoms in total. The Morgan fingerprint density at radius 3 is 2.67 bits per heavy atom. The van der Waals surface area contributed by atoms with Crippen LogP contribution in [0.5, 0.6) is 5.88 Å². The lowest BCUT2D eigenvalue weighted by atomic mass is 10.1. The molecular weight excluding hydrogens is 224 g/mol. The van der Waals surface area contributed by atoms with Gasteiger partial charge >= 0.3 is 0 Å². The molecule has 1 N–H and O–H groups in total. The van der Waals surface area contributed by atoms with Crippen LogP contribution in [0.2, 0.25) is 0 Å². The standard InChI is InChI=1S/C15H26N2O/c1-5-7-12(3)18-15-10-13(11-16-4)9-14(17-15)8-6-2/h9-10,12,16H,5-8,11H2,1-4H3. The quantitative estimate of drug-likeness (QED) is 0.768. The molecule has 0 aliphatic rings. The smallest absolute Gasteiger partial charge is 0.214 e. The fourth-order valence-corrected chi connectivity index (χ4v) is 2.04. The average molecular weight is 250 g/mol. The molecule has 0 spiro atoms. The number of hydrogen-bond acceptors (Lipinski definition) is 3. The summed E-state index contributed by atoms with van der Waals surface area (Å²) < 4.78 is 5.89. The molecule has 0 aromatic carbocycles. The van der Waals surface area contributed by atoms with E-state index in [1.165, 1.54) is 5.56 Å². The summed E-state index contributed by atoms with van der Waals surface area (Å²) in [5, 5.41) is 3.18. The number of hydrogen-bond donors (Lipinski definition) is 1. The maximum atomic E-state index is 5.89. The van der Waals surface area contributed by atoms with Gasteiger partial charge in [-0.25, -0.2) is 4.98 Å². The van der Waals surface area contributed by atoms with E-state index in [-0.39, 0.29) is 6.10 Å². The van der Waals surface area contributed by atoms with E-state index in [0.717, 1.165) is 43.8 Å². The van der Waals surface area contributed by atoms with Crippen LogP contribution in [-0.4, -0.2) is 18.1 Å². The number of pyridine rings is 1. The highest BCUT2D eigenvalue weighted by Gasteiger charge is 2.07. The molecule has 0 fully saturated rings. The molecule has 18 heavy (non-hydrogen) atoms. The minimum Gasteiger partial charge on any atom is -0.475 e. The van der Waals surface area contributed by atoms with Crippen LogP contribution in [0.3, 0.4) is 0 Å². The third-order valence-electron chi connectivity index (χ3n) is 2.82. The Bertz CT molecular complexity index is 328. The van der Waals surface area contributed by atoms with Crippen molar-refractivity contribution in [3.63, 3.8) is 0 Å². The number of ether oxygens (including phenoxy) is 1. The molecule has 0 aliphatic heterocycles. The van der Waals surface area contributed by atoms with Gasteiger partial charge in [-0.1, -0.05) is 26.7 Å². The third-order valence-corrected chi connectivity index (χ3v) is 2.82. The van der Waals surface area contributed by atoms with Crippen molar-refractivity contribution in [2.75, 3.05) is 7.05 Å². The molecule has 102 valence electrons. The number of rotatable bonds is 8. The van der Waals surface area contributed by atoms with Gasteiger partial charge in [0.15, 0.2) is 0 Å². The first-order valence-electron chi connectivity index (χ1n) is 7.00. The molecule has 0 saturated heterocycles. The molecule has 0 aliphatic carbocycles. The van der Waals surface area contributed by atoms with Gasteiger partial charge in [0, 0.05) is 18.3 Å². The number of nitrogens with one attached hydrogen (secondary N) is 1. The van der Waals surface area contributed by atoms with E-state index in [1.54, 1.807) is 0 Å². The molecular formula is C15H26N2O. The van der Waals surface area contributed by atoms with Gasteiger partial charge < -0.3 is 10.1 Å². The van der Waals surface area contributed by atoms with Gasteiger partial charge in [0.05, 0.1) is 6.10 Å². The van der Waals surface area contributed by atoms with E-state index in [9.17, 15) is 0 Å². The van der Waals surface area contributed by atoms with Gasteiger partial charge in [-0.3, -0.25) is 0 Å². The summed E-state index contributed by atoms with van der Waals surface area (Å²) in [7, 11) is 1.96. The van der Waals surface area contributed by atoms with E-state index >= 15 is 0 Å². The van der Waals surface area contributed by atoms with Crippen LogP contribution in [-0.2, 0) is 13.0 Å². The summed E-state index contributed by atoms with van der Waals surface area (Å²) in [4.78, 5) is 4.58. The molecule has 1 unspecified atom stereocenters. The zero-order chi connectivity index (χ0) is 13.4. The maximum absolute atomic E-state index is 5.89. The lowest BCUT2D eigenvalue weighted by Crippen LogP contribution is -2.13. The first kappa shape index (κ1) is 15.0. The van der Waals surface area contributed by atoms with E-state index < -0.39 is 0 Å². The van der Waals surface area contributed by atoms with Crippen LogP contribution >= 0.6 is 0 Å². The van der Waals surface area contributed by atoms with Gasteiger partial charge in [0.1, 0.15) is 0 Å². The number of aryl methyl sites for hydroxylation is 1. The van der Waals surface area contributed by atoms with Gasteiger partial charge in [-0.15, -0.1) is 0 Å². The summed E-state index contributed by atoms with van der Waals surface area (Å²) in [5.41, 5.74) is 2.37. The minimum absolute atomic E-state index is 0.238. The highest BCUT2D eigenvalue weighted by molar-refractivity contribution is 5.25. The summed E-state index contributed by atoms with van der Waals surface area (Å²) >= 11 is 0. The third kappa shape index (κ3) is 5.05. The second-order valence-corrected chi connectivity index (χ2v) is 4.80. The molecule has 0 bridgehead atoms. The normalized spacial score (nSPS) is 12.4. The topological polar surface area (TPSA) is 34.1 Å². The van der Waals surface area contributed by atoms with Crippen molar-refractivity contribution in [3.8, 4) is 5.88 Å². The fraction of sp³-hybridized carbons (Fsp3) is 0.667. The molecule has 0 saturated carbocycles. The lowest BCUT2D eigenvalue weighted by Gasteiger charge is -2.15. The van der Waals surface area contributed by atoms with Gasteiger partial charge in [0.25, 0.3) is 0 Å². The summed E-state index contributed by atoms with van der Waals surface area (Å²) in [6, 6.07) is 4.21. The van der Waals surface area contributed by atoms with Crippen LogP contribution in [0.1, 0.15) is 51.3 Å². The van der Waals surface area contributed by atoms with Crippen LogP contribution in [0.15, 0.2) is 12.1 Å². The molecule has 3 heteroatoms. The van der Waals surface area contributed by atoms with E-state index in [0.29, 0.717) is 0 Å². The Labute approximate surface area is 111 Å². The molecule has 0 amide bonds. The van der Waals surface area contributed by atoms with Crippen molar-refractivity contribution in [1.29, 1.82) is 0 Å². The Hall–Kier alpha value is -1.09. The van der Waals surface area contributed by atoms with E-state index in [4.69, 9.17) is 4.74 Å². The minimum atomic E-state index is 0.238. The van der Waals surface area contributed by atoms with Gasteiger partial charge in [0.2, 0.25) is 5.88 Å².